The second-order valence-electron chi connectivity index (χ2n) is 15.1. The molecular weight excluding hydrogens is 862 g/mol. The van der Waals surface area contributed by atoms with Crippen molar-refractivity contribution in [3.05, 3.63) is 97.2 Å². The van der Waals surface area contributed by atoms with Crippen molar-refractivity contribution in [1.82, 2.24) is 0 Å². The van der Waals surface area contributed by atoms with E-state index in [2.05, 4.69) is 89.7 Å². The van der Waals surface area contributed by atoms with Crippen LogP contribution in [0.15, 0.2) is 97.2 Å². The number of esters is 2. The van der Waals surface area contributed by atoms with E-state index in [4.69, 9.17) is 23.8 Å². The van der Waals surface area contributed by atoms with Crippen LogP contribution in [0.1, 0.15) is 149 Å². The first-order chi connectivity index (χ1) is 30.8. The Kier molecular flexibility index (Phi) is 40.6. The lowest BCUT2D eigenvalue weighted by Gasteiger charge is -2.20. The van der Waals surface area contributed by atoms with Crippen LogP contribution in [0.25, 0.3) is 0 Å². The third-order valence-corrected chi connectivity index (χ3v) is 10.5. The summed E-state index contributed by atoms with van der Waals surface area (Å²) in [5, 5.41) is 20.1. The van der Waals surface area contributed by atoms with Crippen LogP contribution in [0.4, 0.5) is 0 Å². The number of allylic oxidation sites excluding steroid dienone is 15. The molecule has 366 valence electrons. The molecule has 0 bridgehead atoms. The summed E-state index contributed by atoms with van der Waals surface area (Å²) in [5.41, 5.74) is 0. The molecule has 0 aromatic rings. The molecule has 0 aromatic carbocycles. The number of hydrogen-bond donors (Lipinski definition) is 5. The van der Waals surface area contributed by atoms with Crippen LogP contribution in [-0.4, -0.2) is 81.6 Å². The quantitative estimate of drug-likeness (QED) is 0.0127. The van der Waals surface area contributed by atoms with Crippen molar-refractivity contribution < 1.29 is 66.7 Å². The van der Waals surface area contributed by atoms with Gasteiger partial charge in [-0.2, -0.15) is 0 Å². The number of rotatable bonds is 42. The average molecular weight is 943 g/mol. The molecule has 16 heteroatoms. The molecule has 0 spiro atoms. The van der Waals surface area contributed by atoms with Crippen LogP contribution in [-0.2, 0) is 41.8 Å². The molecule has 0 heterocycles. The fourth-order valence-electron chi connectivity index (χ4n) is 5.55. The number of ether oxygens (including phenoxy) is 2. The predicted octanol–water partition coefficient (Wildman–Crippen LogP) is 11.1. The Morgan fingerprint density at radius 1 is 0.531 bits per heavy atom. The van der Waals surface area contributed by atoms with E-state index in [0.717, 1.165) is 89.9 Å². The van der Waals surface area contributed by atoms with Gasteiger partial charge in [0, 0.05) is 12.8 Å². The fourth-order valence-corrected chi connectivity index (χ4v) is 6.70. The van der Waals surface area contributed by atoms with Gasteiger partial charge in [0.1, 0.15) is 12.7 Å². The Balaban J connectivity index is 4.73. The molecule has 0 amide bonds. The fraction of sp³-hybridized carbons (Fsp3) is 0.625. The number of carbonyl (C=O) groups is 2. The summed E-state index contributed by atoms with van der Waals surface area (Å²) >= 11 is 0. The molecule has 64 heavy (non-hydrogen) atoms. The standard InChI is InChI=1S/C48H80O14P2/c1-3-5-7-9-11-13-15-17-19-21-23-25-27-29-31-33-35-37-48(52)62-46(43-61-64(56,57)60-41-45(50)40-59-63(53,54)55)42-58-47(51)39-38-44(49)36-34-32-30-28-26-24-22-20-18-16-14-12-10-8-6-4-2/h6,8,11-14,17-20,24,26,30,32,34,36,44-46,49-50H,3-5,7,9-10,15-16,21-23,25,27-29,31,33,35,37-43H2,1-2H3,(H,56,57)(H2,53,54,55)/b8-6-,13-11-,14-12-,19-17-,20-18-,26-24-,32-30-,36-34-/t44?,45-,46+/m0/s1. The number of carbonyl (C=O) groups excluding carboxylic acids is 2. The second kappa shape index (κ2) is 42.6. The average Bonchev–Trinajstić information content (AvgIpc) is 3.25. The van der Waals surface area contributed by atoms with Crippen molar-refractivity contribution in [3.63, 3.8) is 0 Å². The van der Waals surface area contributed by atoms with Gasteiger partial charge in [0.25, 0.3) is 0 Å². The first-order valence-corrected chi connectivity index (χ1v) is 26.1. The summed E-state index contributed by atoms with van der Waals surface area (Å²) in [4.78, 5) is 52.8. The van der Waals surface area contributed by atoms with Gasteiger partial charge in [-0.1, -0.05) is 156 Å². The van der Waals surface area contributed by atoms with Gasteiger partial charge in [-0.25, -0.2) is 9.13 Å². The number of phosphoric acid groups is 2. The highest BCUT2D eigenvalue weighted by atomic mass is 31.2. The molecule has 0 rings (SSSR count). The van der Waals surface area contributed by atoms with Crippen LogP contribution in [0.2, 0.25) is 0 Å². The molecule has 0 aliphatic carbocycles. The highest BCUT2D eigenvalue weighted by Crippen LogP contribution is 2.43. The minimum Gasteiger partial charge on any atom is -0.462 e. The van der Waals surface area contributed by atoms with Crippen molar-refractivity contribution in [2.24, 2.45) is 0 Å². The normalized spacial score (nSPS) is 15.3. The monoisotopic (exact) mass is 943 g/mol. The molecular formula is C48H80O14P2. The van der Waals surface area contributed by atoms with Gasteiger partial charge in [0.15, 0.2) is 6.10 Å². The Labute approximate surface area is 383 Å². The van der Waals surface area contributed by atoms with Crippen molar-refractivity contribution in [3.8, 4) is 0 Å². The van der Waals surface area contributed by atoms with E-state index >= 15 is 0 Å². The van der Waals surface area contributed by atoms with Gasteiger partial charge in [-0.05, 0) is 77.0 Å². The van der Waals surface area contributed by atoms with Crippen molar-refractivity contribution in [2.75, 3.05) is 26.4 Å². The lowest BCUT2D eigenvalue weighted by Crippen LogP contribution is -2.30. The Bertz CT molecular complexity index is 1510. The zero-order chi connectivity index (χ0) is 47.4. The van der Waals surface area contributed by atoms with Gasteiger partial charge in [0.05, 0.1) is 25.9 Å². The summed E-state index contributed by atoms with van der Waals surface area (Å²) in [6.45, 7) is 1.33. The SMILES string of the molecule is CC/C=C\C/C=C\C/C=C\C/C=C\C/C=C\C=C/C(O)CCC(=O)OC[C@H](COP(=O)(O)OC[C@@H](O)COP(=O)(O)O)OC(=O)CCCCCCCCC/C=C\C/C=C\CCCCC. The molecule has 0 saturated carbocycles. The summed E-state index contributed by atoms with van der Waals surface area (Å²) in [6, 6.07) is 0. The van der Waals surface area contributed by atoms with Crippen LogP contribution in [0, 0.1) is 0 Å². The maximum Gasteiger partial charge on any atom is 0.472 e. The highest BCUT2D eigenvalue weighted by Gasteiger charge is 2.28. The van der Waals surface area contributed by atoms with Gasteiger partial charge >= 0.3 is 27.6 Å². The van der Waals surface area contributed by atoms with Crippen molar-refractivity contribution in [2.45, 2.75) is 167 Å². The molecule has 0 aromatic heterocycles. The predicted molar refractivity (Wildman–Crippen MR) is 254 cm³/mol. The Morgan fingerprint density at radius 3 is 1.61 bits per heavy atom. The highest BCUT2D eigenvalue weighted by molar-refractivity contribution is 7.47. The molecule has 4 atom stereocenters. The summed E-state index contributed by atoms with van der Waals surface area (Å²) in [5.74, 6) is -1.33. The third-order valence-electron chi connectivity index (χ3n) is 9.06. The smallest absolute Gasteiger partial charge is 0.462 e. The molecule has 0 aliphatic rings. The van der Waals surface area contributed by atoms with E-state index < -0.39 is 72.3 Å². The first-order valence-electron chi connectivity index (χ1n) is 23.0. The topological polar surface area (TPSA) is 216 Å². The van der Waals surface area contributed by atoms with Gasteiger partial charge in [0.2, 0.25) is 0 Å². The number of unbranched alkanes of at least 4 members (excludes halogenated alkanes) is 10. The molecule has 0 saturated heterocycles. The first kappa shape index (κ1) is 61.0. The van der Waals surface area contributed by atoms with E-state index in [1.54, 1.807) is 18.2 Å². The van der Waals surface area contributed by atoms with Crippen LogP contribution in [0.5, 0.6) is 0 Å². The Morgan fingerprint density at radius 2 is 1.03 bits per heavy atom. The number of aliphatic hydroxyl groups is 2. The van der Waals surface area contributed by atoms with Crippen LogP contribution < -0.4 is 0 Å². The molecule has 0 radical (unpaired) electrons. The largest absolute Gasteiger partial charge is 0.472 e. The van der Waals surface area contributed by atoms with Gasteiger partial charge in [-0.15, -0.1) is 0 Å². The van der Waals surface area contributed by atoms with Gasteiger partial charge in [-0.3, -0.25) is 23.2 Å². The number of aliphatic hydroxyl groups excluding tert-OH is 2. The number of phosphoric ester groups is 2. The minimum absolute atomic E-state index is 0.0584. The van der Waals surface area contributed by atoms with E-state index in [-0.39, 0.29) is 19.3 Å². The van der Waals surface area contributed by atoms with Crippen LogP contribution >= 0.6 is 15.6 Å². The minimum atomic E-state index is -4.89. The summed E-state index contributed by atoms with van der Waals surface area (Å²) < 4.78 is 47.6. The lowest BCUT2D eigenvalue weighted by molar-refractivity contribution is -0.161. The van der Waals surface area contributed by atoms with Crippen molar-refractivity contribution >= 4 is 27.6 Å². The summed E-state index contributed by atoms with van der Waals surface area (Å²) in [6.07, 6.45) is 47.2. The summed E-state index contributed by atoms with van der Waals surface area (Å²) in [7, 11) is -9.77. The van der Waals surface area contributed by atoms with E-state index in [9.17, 15) is 33.8 Å². The number of hydrogen-bond acceptors (Lipinski definition) is 11. The zero-order valence-corrected chi connectivity index (χ0v) is 40.2. The van der Waals surface area contributed by atoms with Crippen molar-refractivity contribution in [1.29, 1.82) is 0 Å². The molecule has 14 nitrogen and oxygen atoms in total. The third kappa shape index (κ3) is 45.6. The molecule has 0 fully saturated rings. The second-order valence-corrected chi connectivity index (χ2v) is 17.8. The molecule has 0 aliphatic heterocycles. The van der Waals surface area contributed by atoms with E-state index in [0.29, 0.717) is 6.42 Å². The zero-order valence-electron chi connectivity index (χ0n) is 38.5. The van der Waals surface area contributed by atoms with E-state index in [1.807, 2.05) is 12.2 Å². The van der Waals surface area contributed by atoms with E-state index in [1.165, 1.54) is 19.3 Å². The molecule has 2 unspecified atom stereocenters. The Hall–Kier alpha value is -3.00. The van der Waals surface area contributed by atoms with Gasteiger partial charge < -0.3 is 34.4 Å². The maximum atomic E-state index is 12.7. The molecule has 5 N–H and O–H groups in total. The van der Waals surface area contributed by atoms with Crippen LogP contribution in [0.3, 0.4) is 0 Å². The maximum absolute atomic E-state index is 12.7. The lowest BCUT2D eigenvalue weighted by atomic mass is 10.1.